The third kappa shape index (κ3) is 3.50. The van der Waals surface area contributed by atoms with Crippen LogP contribution in [0.2, 0.25) is 5.02 Å². The zero-order valence-corrected chi connectivity index (χ0v) is 13.3. The number of benzene rings is 2. The van der Waals surface area contributed by atoms with E-state index in [9.17, 15) is 0 Å². The number of ether oxygens (including phenoxy) is 1. The van der Waals surface area contributed by atoms with Crippen LogP contribution in [-0.2, 0) is 0 Å². The summed E-state index contributed by atoms with van der Waals surface area (Å²) in [5, 5.41) is 1.12. The highest BCUT2D eigenvalue weighted by molar-refractivity contribution is 7.80. The van der Waals surface area contributed by atoms with Crippen molar-refractivity contribution < 1.29 is 4.74 Å². The van der Waals surface area contributed by atoms with E-state index < -0.39 is 0 Å². The van der Waals surface area contributed by atoms with Crippen molar-refractivity contribution in [3.05, 3.63) is 58.6 Å². The van der Waals surface area contributed by atoms with Gasteiger partial charge >= 0.3 is 0 Å². The minimum atomic E-state index is 0.400. The van der Waals surface area contributed by atoms with Gasteiger partial charge in [0.15, 0.2) is 0 Å². The predicted octanol–water partition coefficient (Wildman–Crippen LogP) is 4.76. The normalized spacial score (nSPS) is 10.2. The Hall–Kier alpha value is -1.58. The standard InChI is InChI=1S/C16H16ClNOS/c1-11-5-4-6-13(9-11)18(3)16(20)19-14-7-8-15(17)12(2)10-14/h4-10H,1-3H3. The van der Waals surface area contributed by atoms with Crippen LogP contribution in [0.4, 0.5) is 5.69 Å². The average molecular weight is 306 g/mol. The smallest absolute Gasteiger partial charge is 0.269 e. The molecule has 0 bridgehead atoms. The van der Waals surface area contributed by atoms with E-state index in [4.69, 9.17) is 28.6 Å². The number of aryl methyl sites for hydroxylation is 2. The van der Waals surface area contributed by atoms with Crippen molar-refractivity contribution in [3.63, 3.8) is 0 Å². The molecule has 0 spiro atoms. The number of rotatable bonds is 2. The molecule has 0 saturated heterocycles. The molecule has 2 aromatic rings. The SMILES string of the molecule is Cc1cccc(N(C)C(=S)Oc2ccc(Cl)c(C)c2)c1. The van der Waals surface area contributed by atoms with Gasteiger partial charge in [0.25, 0.3) is 5.17 Å². The molecule has 2 aromatic carbocycles. The lowest BCUT2D eigenvalue weighted by atomic mass is 10.2. The Morgan fingerprint density at radius 3 is 2.55 bits per heavy atom. The second kappa shape index (κ2) is 6.25. The Balaban J connectivity index is 2.13. The van der Waals surface area contributed by atoms with Gasteiger partial charge in [0, 0.05) is 17.8 Å². The van der Waals surface area contributed by atoms with Crippen LogP contribution in [0.5, 0.6) is 5.75 Å². The Kier molecular flexibility index (Phi) is 4.63. The monoisotopic (exact) mass is 305 g/mol. The highest BCUT2D eigenvalue weighted by Crippen LogP contribution is 2.22. The molecule has 0 amide bonds. The van der Waals surface area contributed by atoms with Gasteiger partial charge in [-0.2, -0.15) is 0 Å². The number of hydrogen-bond donors (Lipinski definition) is 0. The molecule has 0 heterocycles. The van der Waals surface area contributed by atoms with Crippen LogP contribution in [0.3, 0.4) is 0 Å². The molecule has 0 fully saturated rings. The third-order valence-corrected chi connectivity index (χ3v) is 3.78. The molecular formula is C16H16ClNOS. The summed E-state index contributed by atoms with van der Waals surface area (Å²) >= 11 is 11.3. The van der Waals surface area contributed by atoms with E-state index in [-0.39, 0.29) is 0 Å². The fourth-order valence-electron chi connectivity index (χ4n) is 1.79. The van der Waals surface area contributed by atoms with Crippen molar-refractivity contribution in [2.45, 2.75) is 13.8 Å². The van der Waals surface area contributed by atoms with E-state index in [2.05, 4.69) is 6.07 Å². The van der Waals surface area contributed by atoms with Gasteiger partial charge in [-0.25, -0.2) is 0 Å². The van der Waals surface area contributed by atoms with Crippen molar-refractivity contribution in [2.24, 2.45) is 0 Å². The summed E-state index contributed by atoms with van der Waals surface area (Å²) < 4.78 is 5.70. The molecule has 0 unspecified atom stereocenters. The third-order valence-electron chi connectivity index (χ3n) is 3.00. The molecule has 2 nitrogen and oxygen atoms in total. The molecule has 0 N–H and O–H groups in total. The molecule has 0 aliphatic rings. The molecule has 0 aromatic heterocycles. The van der Waals surface area contributed by atoms with E-state index in [0.717, 1.165) is 16.3 Å². The first kappa shape index (κ1) is 14.8. The summed E-state index contributed by atoms with van der Waals surface area (Å²) in [4.78, 5) is 1.84. The van der Waals surface area contributed by atoms with Crippen molar-refractivity contribution in [2.75, 3.05) is 11.9 Å². The summed E-state index contributed by atoms with van der Waals surface area (Å²) in [7, 11) is 1.89. The van der Waals surface area contributed by atoms with Crippen LogP contribution in [0.1, 0.15) is 11.1 Å². The first-order valence-electron chi connectivity index (χ1n) is 6.26. The Bertz CT molecular complexity index is 642. The fourth-order valence-corrected chi connectivity index (χ4v) is 2.11. The molecule has 104 valence electrons. The van der Waals surface area contributed by atoms with E-state index >= 15 is 0 Å². The first-order valence-corrected chi connectivity index (χ1v) is 7.04. The number of anilines is 1. The van der Waals surface area contributed by atoms with Crippen LogP contribution >= 0.6 is 23.8 Å². The van der Waals surface area contributed by atoms with Crippen LogP contribution in [0, 0.1) is 13.8 Å². The molecular weight excluding hydrogens is 290 g/mol. The van der Waals surface area contributed by atoms with Gasteiger partial charge in [-0.1, -0.05) is 23.7 Å². The van der Waals surface area contributed by atoms with Crippen LogP contribution in [0.15, 0.2) is 42.5 Å². The molecule has 0 radical (unpaired) electrons. The Labute approximate surface area is 129 Å². The van der Waals surface area contributed by atoms with Crippen molar-refractivity contribution in [1.82, 2.24) is 0 Å². The maximum absolute atomic E-state index is 5.99. The summed E-state index contributed by atoms with van der Waals surface area (Å²) in [5.74, 6) is 0.691. The van der Waals surface area contributed by atoms with Gasteiger partial charge < -0.3 is 9.64 Å². The minimum absolute atomic E-state index is 0.400. The molecule has 4 heteroatoms. The molecule has 0 aliphatic carbocycles. The topological polar surface area (TPSA) is 12.5 Å². The maximum Gasteiger partial charge on any atom is 0.269 e. The zero-order valence-electron chi connectivity index (χ0n) is 11.7. The second-order valence-electron chi connectivity index (χ2n) is 4.68. The van der Waals surface area contributed by atoms with Gasteiger partial charge in [-0.15, -0.1) is 0 Å². The van der Waals surface area contributed by atoms with Gasteiger partial charge in [0.1, 0.15) is 5.75 Å². The highest BCUT2D eigenvalue weighted by Gasteiger charge is 2.10. The lowest BCUT2D eigenvalue weighted by Gasteiger charge is -2.20. The molecule has 2 rings (SSSR count). The van der Waals surface area contributed by atoms with Gasteiger partial charge in [-0.3, -0.25) is 0 Å². The second-order valence-corrected chi connectivity index (χ2v) is 5.43. The Morgan fingerprint density at radius 2 is 1.90 bits per heavy atom. The largest absolute Gasteiger partial charge is 0.432 e. The maximum atomic E-state index is 5.99. The average Bonchev–Trinajstić information content (AvgIpc) is 2.42. The van der Waals surface area contributed by atoms with Crippen LogP contribution in [-0.4, -0.2) is 12.2 Å². The van der Waals surface area contributed by atoms with Gasteiger partial charge in [-0.05, 0) is 67.5 Å². The predicted molar refractivity (Wildman–Crippen MR) is 89.0 cm³/mol. The lowest BCUT2D eigenvalue weighted by Crippen LogP contribution is -2.29. The van der Waals surface area contributed by atoms with Gasteiger partial charge in [0.2, 0.25) is 0 Å². The van der Waals surface area contributed by atoms with Crippen molar-refractivity contribution in [3.8, 4) is 5.75 Å². The van der Waals surface area contributed by atoms with E-state index in [1.807, 2.05) is 62.2 Å². The van der Waals surface area contributed by atoms with Crippen molar-refractivity contribution >= 4 is 34.7 Å². The van der Waals surface area contributed by atoms with Crippen LogP contribution in [0.25, 0.3) is 0 Å². The molecule has 0 aliphatic heterocycles. The first-order chi connectivity index (χ1) is 9.47. The molecule has 0 atom stereocenters. The molecule has 0 saturated carbocycles. The zero-order chi connectivity index (χ0) is 14.7. The summed E-state index contributed by atoms with van der Waals surface area (Å²) in [6, 6.07) is 13.6. The number of hydrogen-bond acceptors (Lipinski definition) is 2. The van der Waals surface area contributed by atoms with E-state index in [0.29, 0.717) is 10.9 Å². The number of nitrogens with zero attached hydrogens (tertiary/aromatic N) is 1. The quantitative estimate of drug-likeness (QED) is 0.742. The minimum Gasteiger partial charge on any atom is -0.432 e. The summed E-state index contributed by atoms with van der Waals surface area (Å²) in [6.45, 7) is 3.98. The van der Waals surface area contributed by atoms with Gasteiger partial charge in [0.05, 0.1) is 0 Å². The summed E-state index contributed by atoms with van der Waals surface area (Å²) in [5.41, 5.74) is 3.14. The van der Waals surface area contributed by atoms with E-state index in [1.165, 1.54) is 5.56 Å². The molecule has 20 heavy (non-hydrogen) atoms. The lowest BCUT2D eigenvalue weighted by molar-refractivity contribution is 0.551. The van der Waals surface area contributed by atoms with E-state index in [1.54, 1.807) is 0 Å². The van der Waals surface area contributed by atoms with Crippen LogP contribution < -0.4 is 9.64 Å². The Morgan fingerprint density at radius 1 is 1.15 bits per heavy atom. The number of thiocarbonyl (C=S) groups is 1. The highest BCUT2D eigenvalue weighted by atomic mass is 35.5. The fraction of sp³-hybridized carbons (Fsp3) is 0.188. The number of halogens is 1. The van der Waals surface area contributed by atoms with Crippen molar-refractivity contribution in [1.29, 1.82) is 0 Å². The summed E-state index contributed by atoms with van der Waals surface area (Å²) in [6.07, 6.45) is 0.